The molecule has 0 spiro atoms. The highest BCUT2D eigenvalue weighted by molar-refractivity contribution is 7.21. The summed E-state index contributed by atoms with van der Waals surface area (Å²) in [7, 11) is 0. The van der Waals surface area contributed by atoms with Crippen LogP contribution in [0.4, 0.5) is 5.82 Å². The number of fused-ring (bicyclic) bond motifs is 1. The van der Waals surface area contributed by atoms with Gasteiger partial charge < -0.3 is 4.90 Å². The zero-order valence-electron chi connectivity index (χ0n) is 13.5. The van der Waals surface area contributed by atoms with Gasteiger partial charge in [-0.2, -0.15) is 0 Å². The minimum atomic E-state index is 0.873. The summed E-state index contributed by atoms with van der Waals surface area (Å²) in [6, 6.07) is 12.8. The van der Waals surface area contributed by atoms with Crippen LogP contribution < -0.4 is 4.90 Å². The largest absolute Gasteiger partial charge is 0.356 e. The first-order chi connectivity index (χ1) is 11.3. The van der Waals surface area contributed by atoms with Gasteiger partial charge in [-0.3, -0.25) is 0 Å². The summed E-state index contributed by atoms with van der Waals surface area (Å²) in [5.74, 6) is 2.01. The maximum atomic E-state index is 4.80. The summed E-state index contributed by atoms with van der Waals surface area (Å²) in [4.78, 5) is 14.3. The third kappa shape index (κ3) is 2.95. The van der Waals surface area contributed by atoms with E-state index in [0.29, 0.717) is 0 Å². The number of aryl methyl sites for hydroxylation is 1. The van der Waals surface area contributed by atoms with Crippen molar-refractivity contribution in [3.63, 3.8) is 0 Å². The Morgan fingerprint density at radius 2 is 1.70 bits per heavy atom. The molecule has 1 aliphatic rings. The van der Waals surface area contributed by atoms with Crippen molar-refractivity contribution < 1.29 is 0 Å². The van der Waals surface area contributed by atoms with Crippen molar-refractivity contribution in [1.29, 1.82) is 0 Å². The normalized spacial score (nSPS) is 15.8. The molecule has 4 rings (SSSR count). The number of anilines is 1. The molecule has 1 saturated heterocycles. The number of benzene rings is 1. The van der Waals surface area contributed by atoms with Crippen LogP contribution in [0.1, 0.15) is 31.5 Å². The lowest BCUT2D eigenvalue weighted by molar-refractivity contribution is 0.726. The summed E-state index contributed by atoms with van der Waals surface area (Å²) in [5.41, 5.74) is 1.26. The van der Waals surface area contributed by atoms with Gasteiger partial charge in [0.25, 0.3) is 0 Å². The molecule has 0 amide bonds. The SMILES string of the molecule is Cc1nc(N2CCCCCC2)c2cc(-c3ccccc3)sc2n1. The highest BCUT2D eigenvalue weighted by Crippen LogP contribution is 2.37. The molecule has 4 heteroatoms. The molecule has 3 heterocycles. The molecule has 0 unspecified atom stereocenters. The zero-order valence-corrected chi connectivity index (χ0v) is 14.3. The lowest BCUT2D eigenvalue weighted by atomic mass is 10.2. The molecule has 1 aromatic carbocycles. The van der Waals surface area contributed by atoms with E-state index in [4.69, 9.17) is 4.98 Å². The molecule has 0 bridgehead atoms. The van der Waals surface area contributed by atoms with Gasteiger partial charge in [0, 0.05) is 18.0 Å². The quantitative estimate of drug-likeness (QED) is 0.661. The van der Waals surface area contributed by atoms with Gasteiger partial charge in [0.05, 0.1) is 5.39 Å². The number of nitrogens with zero attached hydrogens (tertiary/aromatic N) is 3. The van der Waals surface area contributed by atoms with Crippen LogP contribution >= 0.6 is 11.3 Å². The molecule has 2 aromatic heterocycles. The van der Waals surface area contributed by atoms with Gasteiger partial charge in [-0.15, -0.1) is 11.3 Å². The van der Waals surface area contributed by atoms with Crippen molar-refractivity contribution in [2.75, 3.05) is 18.0 Å². The molecule has 0 radical (unpaired) electrons. The highest BCUT2D eigenvalue weighted by atomic mass is 32.1. The number of aromatic nitrogens is 2. The average Bonchev–Trinajstić information content (AvgIpc) is 2.81. The Hall–Kier alpha value is -1.94. The van der Waals surface area contributed by atoms with Crippen LogP contribution in [-0.4, -0.2) is 23.1 Å². The summed E-state index contributed by atoms with van der Waals surface area (Å²) in [6.07, 6.45) is 5.20. The molecule has 0 aliphatic carbocycles. The second-order valence-electron chi connectivity index (χ2n) is 6.19. The van der Waals surface area contributed by atoms with Crippen LogP contribution in [0.3, 0.4) is 0 Å². The van der Waals surface area contributed by atoms with Crippen molar-refractivity contribution in [2.45, 2.75) is 32.6 Å². The van der Waals surface area contributed by atoms with Gasteiger partial charge in [0.1, 0.15) is 16.5 Å². The number of thiophene rings is 1. The molecular weight excluding hydrogens is 302 g/mol. The Labute approximate surface area is 141 Å². The topological polar surface area (TPSA) is 29.0 Å². The summed E-state index contributed by atoms with van der Waals surface area (Å²) in [6.45, 7) is 4.23. The number of hydrogen-bond acceptors (Lipinski definition) is 4. The molecule has 118 valence electrons. The first kappa shape index (κ1) is 14.6. The van der Waals surface area contributed by atoms with Crippen molar-refractivity contribution in [3.8, 4) is 10.4 Å². The Balaban J connectivity index is 1.82. The molecule has 3 nitrogen and oxygen atoms in total. The third-order valence-electron chi connectivity index (χ3n) is 4.45. The van der Waals surface area contributed by atoms with Crippen LogP contribution in [0.25, 0.3) is 20.7 Å². The van der Waals surface area contributed by atoms with Gasteiger partial charge in [-0.05, 0) is 31.4 Å². The fourth-order valence-electron chi connectivity index (χ4n) is 3.28. The molecular formula is C19H21N3S. The van der Waals surface area contributed by atoms with E-state index >= 15 is 0 Å². The van der Waals surface area contributed by atoms with Gasteiger partial charge >= 0.3 is 0 Å². The number of hydrogen-bond donors (Lipinski definition) is 0. The predicted octanol–water partition coefficient (Wildman–Crippen LogP) is 5.05. The lowest BCUT2D eigenvalue weighted by Gasteiger charge is -2.22. The predicted molar refractivity (Wildman–Crippen MR) is 98.3 cm³/mol. The van der Waals surface area contributed by atoms with E-state index in [0.717, 1.165) is 29.6 Å². The Kier molecular flexibility index (Phi) is 4.00. The summed E-state index contributed by atoms with van der Waals surface area (Å²) in [5, 5.41) is 1.21. The molecule has 23 heavy (non-hydrogen) atoms. The molecule has 0 saturated carbocycles. The molecule has 0 atom stereocenters. The fraction of sp³-hybridized carbons (Fsp3) is 0.368. The molecule has 0 N–H and O–H groups in total. The molecule has 3 aromatic rings. The van der Waals surface area contributed by atoms with Gasteiger partial charge in [0.2, 0.25) is 0 Å². The van der Waals surface area contributed by atoms with E-state index in [1.165, 1.54) is 41.5 Å². The van der Waals surface area contributed by atoms with Gasteiger partial charge in [0.15, 0.2) is 0 Å². The third-order valence-corrected chi connectivity index (χ3v) is 5.53. The standard InChI is InChI=1S/C19H21N3S/c1-14-20-18(22-11-7-2-3-8-12-22)16-13-17(23-19(16)21-14)15-9-5-4-6-10-15/h4-6,9-10,13H,2-3,7-8,11-12H2,1H3. The van der Waals surface area contributed by atoms with E-state index < -0.39 is 0 Å². The van der Waals surface area contributed by atoms with E-state index in [9.17, 15) is 0 Å². The van der Waals surface area contributed by atoms with Crippen LogP contribution in [0, 0.1) is 6.92 Å². The smallest absolute Gasteiger partial charge is 0.141 e. The zero-order chi connectivity index (χ0) is 15.6. The summed E-state index contributed by atoms with van der Waals surface area (Å²) < 4.78 is 0. The van der Waals surface area contributed by atoms with Gasteiger partial charge in [-0.25, -0.2) is 9.97 Å². The maximum absolute atomic E-state index is 4.80. The second kappa shape index (κ2) is 6.28. The second-order valence-corrected chi connectivity index (χ2v) is 7.22. The van der Waals surface area contributed by atoms with Crippen LogP contribution in [0.15, 0.2) is 36.4 Å². The van der Waals surface area contributed by atoms with E-state index in [-0.39, 0.29) is 0 Å². The first-order valence-electron chi connectivity index (χ1n) is 8.40. The van der Waals surface area contributed by atoms with Crippen molar-refractivity contribution in [3.05, 3.63) is 42.2 Å². The number of rotatable bonds is 2. The molecule has 1 fully saturated rings. The molecule has 1 aliphatic heterocycles. The first-order valence-corrected chi connectivity index (χ1v) is 9.21. The summed E-state index contributed by atoms with van der Waals surface area (Å²) >= 11 is 1.77. The van der Waals surface area contributed by atoms with Gasteiger partial charge in [-0.1, -0.05) is 43.2 Å². The Morgan fingerprint density at radius 3 is 2.43 bits per heavy atom. The van der Waals surface area contributed by atoms with E-state index in [1.54, 1.807) is 11.3 Å². The Bertz CT molecular complexity index is 802. The van der Waals surface area contributed by atoms with Crippen LogP contribution in [-0.2, 0) is 0 Å². The monoisotopic (exact) mass is 323 g/mol. The van der Waals surface area contributed by atoms with E-state index in [2.05, 4.69) is 46.3 Å². The lowest BCUT2D eigenvalue weighted by Crippen LogP contribution is -2.25. The highest BCUT2D eigenvalue weighted by Gasteiger charge is 2.17. The van der Waals surface area contributed by atoms with E-state index in [1.807, 2.05) is 6.92 Å². The Morgan fingerprint density at radius 1 is 0.957 bits per heavy atom. The minimum Gasteiger partial charge on any atom is -0.356 e. The van der Waals surface area contributed by atoms with Crippen LogP contribution in [0.2, 0.25) is 0 Å². The van der Waals surface area contributed by atoms with Crippen molar-refractivity contribution in [2.24, 2.45) is 0 Å². The van der Waals surface area contributed by atoms with Crippen LogP contribution in [0.5, 0.6) is 0 Å². The van der Waals surface area contributed by atoms with Crippen molar-refractivity contribution >= 4 is 27.4 Å². The maximum Gasteiger partial charge on any atom is 0.141 e. The fourth-order valence-corrected chi connectivity index (χ4v) is 4.36. The minimum absolute atomic E-state index is 0.873. The average molecular weight is 323 g/mol. The van der Waals surface area contributed by atoms with Crippen molar-refractivity contribution in [1.82, 2.24) is 9.97 Å².